The molecular formula is C13H23NO3. The number of ether oxygens (including phenoxy) is 2. The summed E-state index contributed by atoms with van der Waals surface area (Å²) in [4.78, 5) is 13.8. The predicted molar refractivity (Wildman–Crippen MR) is 65.0 cm³/mol. The van der Waals surface area contributed by atoms with E-state index in [1.165, 1.54) is 0 Å². The average molecular weight is 241 g/mol. The number of hydrogen-bond acceptors (Lipinski definition) is 4. The van der Waals surface area contributed by atoms with Crippen molar-refractivity contribution in [2.75, 3.05) is 32.9 Å². The molecule has 2 aliphatic rings. The van der Waals surface area contributed by atoms with Crippen LogP contribution in [0, 0.1) is 5.41 Å². The van der Waals surface area contributed by atoms with Crippen molar-refractivity contribution in [2.24, 2.45) is 5.41 Å². The highest BCUT2D eigenvalue weighted by Crippen LogP contribution is 2.30. The molecule has 2 heterocycles. The van der Waals surface area contributed by atoms with Crippen molar-refractivity contribution in [2.45, 2.75) is 38.8 Å². The van der Waals surface area contributed by atoms with Crippen LogP contribution in [0.15, 0.2) is 0 Å². The number of hydrogen-bond donors (Lipinski definition) is 0. The van der Waals surface area contributed by atoms with Gasteiger partial charge in [-0.25, -0.2) is 0 Å². The second-order valence-corrected chi connectivity index (χ2v) is 5.52. The first-order valence-electron chi connectivity index (χ1n) is 6.55. The van der Waals surface area contributed by atoms with Crippen molar-refractivity contribution in [3.05, 3.63) is 0 Å². The molecule has 98 valence electrons. The number of carbonyl (C=O) groups excluding carboxylic acids is 1. The smallest absolute Gasteiger partial charge is 0.127 e. The molecule has 0 aromatic rings. The van der Waals surface area contributed by atoms with Gasteiger partial charge in [0.15, 0.2) is 0 Å². The molecule has 0 amide bonds. The summed E-state index contributed by atoms with van der Waals surface area (Å²) in [6.07, 6.45) is 3.14. The summed E-state index contributed by atoms with van der Waals surface area (Å²) >= 11 is 0. The fourth-order valence-corrected chi connectivity index (χ4v) is 2.69. The number of rotatable bonds is 3. The van der Waals surface area contributed by atoms with Gasteiger partial charge in [-0.05, 0) is 26.7 Å². The molecule has 0 N–H and O–H groups in total. The maximum Gasteiger partial charge on any atom is 0.127 e. The topological polar surface area (TPSA) is 38.8 Å². The van der Waals surface area contributed by atoms with Gasteiger partial charge in [-0.2, -0.15) is 0 Å². The molecule has 2 saturated heterocycles. The van der Waals surface area contributed by atoms with Crippen LogP contribution in [0.25, 0.3) is 0 Å². The monoisotopic (exact) mass is 241 g/mol. The van der Waals surface area contributed by atoms with Crippen molar-refractivity contribution < 1.29 is 14.3 Å². The fourth-order valence-electron chi connectivity index (χ4n) is 2.69. The summed E-state index contributed by atoms with van der Waals surface area (Å²) in [6.45, 7) is 8.25. The van der Waals surface area contributed by atoms with Crippen LogP contribution in [0.4, 0.5) is 0 Å². The Morgan fingerprint density at radius 1 is 1.35 bits per heavy atom. The Labute approximate surface area is 103 Å². The number of aldehydes is 1. The maximum atomic E-state index is 11.4. The zero-order valence-corrected chi connectivity index (χ0v) is 10.9. The SMILES string of the molecule is CC1CN(CC2(C=O)CCOCC2)C(C)CO1. The molecule has 0 radical (unpaired) electrons. The van der Waals surface area contributed by atoms with E-state index in [-0.39, 0.29) is 11.5 Å². The minimum atomic E-state index is -0.191. The third-order valence-electron chi connectivity index (χ3n) is 3.99. The molecule has 2 atom stereocenters. The van der Waals surface area contributed by atoms with Gasteiger partial charge in [0.2, 0.25) is 0 Å². The Balaban J connectivity index is 1.99. The highest BCUT2D eigenvalue weighted by atomic mass is 16.5. The predicted octanol–water partition coefficient (Wildman–Crippen LogP) is 1.09. The Kier molecular flexibility index (Phi) is 4.17. The second kappa shape index (κ2) is 5.46. The summed E-state index contributed by atoms with van der Waals surface area (Å²) in [5.41, 5.74) is -0.191. The fraction of sp³-hybridized carbons (Fsp3) is 0.923. The van der Waals surface area contributed by atoms with E-state index in [1.54, 1.807) is 0 Å². The van der Waals surface area contributed by atoms with Gasteiger partial charge in [-0.1, -0.05) is 0 Å². The standard InChI is InChI=1S/C13H23NO3/c1-11-8-17-12(2)7-14(11)9-13(10-15)3-5-16-6-4-13/h10-12H,3-9H2,1-2H3. The first-order valence-corrected chi connectivity index (χ1v) is 6.55. The molecule has 4 nitrogen and oxygen atoms in total. The maximum absolute atomic E-state index is 11.4. The summed E-state index contributed by atoms with van der Waals surface area (Å²) in [5.74, 6) is 0. The normalized spacial score (nSPS) is 34.5. The van der Waals surface area contributed by atoms with Crippen LogP contribution in [0.2, 0.25) is 0 Å². The Hall–Kier alpha value is -0.450. The molecule has 0 aromatic carbocycles. The van der Waals surface area contributed by atoms with E-state index < -0.39 is 0 Å². The van der Waals surface area contributed by atoms with Crippen LogP contribution in [0.5, 0.6) is 0 Å². The van der Waals surface area contributed by atoms with Gasteiger partial charge in [-0.3, -0.25) is 4.90 Å². The molecule has 17 heavy (non-hydrogen) atoms. The minimum absolute atomic E-state index is 0.191. The van der Waals surface area contributed by atoms with Crippen molar-refractivity contribution >= 4 is 6.29 Å². The van der Waals surface area contributed by atoms with Gasteiger partial charge in [-0.15, -0.1) is 0 Å². The molecule has 0 bridgehead atoms. The molecule has 0 saturated carbocycles. The van der Waals surface area contributed by atoms with Gasteiger partial charge in [0.25, 0.3) is 0 Å². The van der Waals surface area contributed by atoms with Crippen molar-refractivity contribution in [1.29, 1.82) is 0 Å². The molecule has 0 spiro atoms. The zero-order valence-electron chi connectivity index (χ0n) is 10.9. The van der Waals surface area contributed by atoms with Crippen LogP contribution >= 0.6 is 0 Å². The van der Waals surface area contributed by atoms with E-state index in [0.717, 1.165) is 38.8 Å². The highest BCUT2D eigenvalue weighted by Gasteiger charge is 2.37. The van der Waals surface area contributed by atoms with Crippen molar-refractivity contribution in [1.82, 2.24) is 4.90 Å². The van der Waals surface area contributed by atoms with Gasteiger partial charge in [0, 0.05) is 37.8 Å². The van der Waals surface area contributed by atoms with Crippen molar-refractivity contribution in [3.8, 4) is 0 Å². The number of nitrogens with zero attached hydrogens (tertiary/aromatic N) is 1. The summed E-state index contributed by atoms with van der Waals surface area (Å²) in [5, 5.41) is 0. The van der Waals surface area contributed by atoms with E-state index in [4.69, 9.17) is 9.47 Å². The number of morpholine rings is 1. The molecule has 4 heteroatoms. The lowest BCUT2D eigenvalue weighted by molar-refractivity contribution is -0.127. The summed E-state index contributed by atoms with van der Waals surface area (Å²) in [7, 11) is 0. The van der Waals surface area contributed by atoms with Crippen LogP contribution < -0.4 is 0 Å². The van der Waals surface area contributed by atoms with Gasteiger partial charge in [0.1, 0.15) is 6.29 Å². The van der Waals surface area contributed by atoms with Gasteiger partial charge >= 0.3 is 0 Å². The van der Waals surface area contributed by atoms with E-state index >= 15 is 0 Å². The number of carbonyl (C=O) groups is 1. The molecular weight excluding hydrogens is 218 g/mol. The van der Waals surface area contributed by atoms with Gasteiger partial charge < -0.3 is 14.3 Å². The first-order chi connectivity index (χ1) is 8.15. The first kappa shape index (κ1) is 13.0. The third-order valence-corrected chi connectivity index (χ3v) is 3.99. The Bertz CT molecular complexity index is 263. The largest absolute Gasteiger partial charge is 0.381 e. The Morgan fingerprint density at radius 2 is 2.06 bits per heavy atom. The lowest BCUT2D eigenvalue weighted by Gasteiger charge is -2.43. The minimum Gasteiger partial charge on any atom is -0.381 e. The molecule has 2 fully saturated rings. The molecule has 2 rings (SSSR count). The lowest BCUT2D eigenvalue weighted by Crippen LogP contribution is -2.52. The quantitative estimate of drug-likeness (QED) is 0.693. The molecule has 0 aliphatic carbocycles. The summed E-state index contributed by atoms with van der Waals surface area (Å²) in [6, 6.07) is 0.408. The van der Waals surface area contributed by atoms with E-state index in [9.17, 15) is 4.79 Å². The van der Waals surface area contributed by atoms with E-state index in [1.807, 2.05) is 0 Å². The van der Waals surface area contributed by atoms with Crippen LogP contribution in [0.1, 0.15) is 26.7 Å². The highest BCUT2D eigenvalue weighted by molar-refractivity contribution is 5.60. The Morgan fingerprint density at radius 3 is 2.71 bits per heavy atom. The average Bonchev–Trinajstić information content (AvgIpc) is 2.35. The van der Waals surface area contributed by atoms with Crippen LogP contribution in [-0.4, -0.2) is 56.2 Å². The van der Waals surface area contributed by atoms with E-state index in [2.05, 4.69) is 18.7 Å². The van der Waals surface area contributed by atoms with Crippen LogP contribution in [-0.2, 0) is 14.3 Å². The second-order valence-electron chi connectivity index (χ2n) is 5.52. The molecule has 2 aliphatic heterocycles. The van der Waals surface area contributed by atoms with Crippen LogP contribution in [0.3, 0.4) is 0 Å². The van der Waals surface area contributed by atoms with Gasteiger partial charge in [0.05, 0.1) is 12.7 Å². The molecule has 2 unspecified atom stereocenters. The zero-order chi connectivity index (χ0) is 12.3. The lowest BCUT2D eigenvalue weighted by atomic mass is 9.81. The summed E-state index contributed by atoms with van der Waals surface area (Å²) < 4.78 is 11.0. The van der Waals surface area contributed by atoms with E-state index in [0.29, 0.717) is 19.3 Å². The third kappa shape index (κ3) is 3.06. The molecule has 0 aromatic heterocycles. The van der Waals surface area contributed by atoms with Crippen molar-refractivity contribution in [3.63, 3.8) is 0 Å².